The van der Waals surface area contributed by atoms with E-state index in [1.54, 1.807) is 13.2 Å². The van der Waals surface area contributed by atoms with Crippen LogP contribution >= 0.6 is 0 Å². The Bertz CT molecular complexity index is 414. The van der Waals surface area contributed by atoms with Crippen LogP contribution in [-0.4, -0.2) is 56.1 Å². The van der Waals surface area contributed by atoms with Crippen LogP contribution in [0.15, 0.2) is 24.3 Å². The summed E-state index contributed by atoms with van der Waals surface area (Å²) in [5.74, 6) is 1.21. The van der Waals surface area contributed by atoms with Crippen molar-refractivity contribution in [1.82, 2.24) is 4.90 Å². The highest BCUT2D eigenvalue weighted by atomic mass is 16.5. The molecule has 1 saturated heterocycles. The number of benzene rings is 1. The topological polar surface area (TPSA) is 68.0 Å². The van der Waals surface area contributed by atoms with Gasteiger partial charge >= 0.3 is 0 Å². The number of anilines is 1. The van der Waals surface area contributed by atoms with E-state index in [9.17, 15) is 5.11 Å². The molecule has 0 saturated carbocycles. The summed E-state index contributed by atoms with van der Waals surface area (Å²) in [6.07, 6.45) is 0.628. The van der Waals surface area contributed by atoms with Crippen LogP contribution < -0.4 is 10.5 Å². The summed E-state index contributed by atoms with van der Waals surface area (Å²) < 4.78 is 10.7. The van der Waals surface area contributed by atoms with Crippen molar-refractivity contribution >= 4 is 5.69 Å². The van der Waals surface area contributed by atoms with Crippen LogP contribution in [-0.2, 0) is 4.74 Å². The van der Waals surface area contributed by atoms with Crippen LogP contribution in [0.25, 0.3) is 0 Å². The first-order valence-corrected chi connectivity index (χ1v) is 7.05. The van der Waals surface area contributed by atoms with Crippen LogP contribution in [0.5, 0.6) is 5.75 Å². The lowest BCUT2D eigenvalue weighted by Crippen LogP contribution is -2.34. The van der Waals surface area contributed by atoms with E-state index in [0.29, 0.717) is 23.9 Å². The molecule has 0 aromatic heterocycles. The Kier molecular flexibility index (Phi) is 5.64. The molecule has 112 valence electrons. The first kappa shape index (κ1) is 15.1. The lowest BCUT2D eigenvalue weighted by Gasteiger charge is -2.20. The Morgan fingerprint density at radius 1 is 1.45 bits per heavy atom. The minimum atomic E-state index is -0.504. The summed E-state index contributed by atoms with van der Waals surface area (Å²) in [7, 11) is 1.73. The first-order valence-electron chi connectivity index (χ1n) is 7.05. The Hall–Kier alpha value is -1.30. The second kappa shape index (κ2) is 7.47. The van der Waals surface area contributed by atoms with Gasteiger partial charge < -0.3 is 25.2 Å². The molecule has 0 aliphatic carbocycles. The van der Waals surface area contributed by atoms with Gasteiger partial charge in [0.05, 0.1) is 12.3 Å². The molecule has 1 heterocycles. The number of β-amino-alcohol motifs (C(OH)–C–C–N with tert-alkyl or cyclic N) is 1. The molecular formula is C15H24N2O3. The summed E-state index contributed by atoms with van der Waals surface area (Å²) in [4.78, 5) is 2.26. The van der Waals surface area contributed by atoms with E-state index in [4.69, 9.17) is 15.2 Å². The van der Waals surface area contributed by atoms with E-state index >= 15 is 0 Å². The molecular weight excluding hydrogens is 256 g/mol. The van der Waals surface area contributed by atoms with E-state index in [1.165, 1.54) is 0 Å². The number of likely N-dealkylation sites (tertiary alicyclic amines) is 1. The van der Waals surface area contributed by atoms with Gasteiger partial charge in [-0.1, -0.05) is 12.1 Å². The van der Waals surface area contributed by atoms with Crippen molar-refractivity contribution in [3.8, 4) is 5.75 Å². The summed E-state index contributed by atoms with van der Waals surface area (Å²) in [6, 6.07) is 7.33. The van der Waals surface area contributed by atoms with Crippen molar-refractivity contribution in [3.05, 3.63) is 24.3 Å². The van der Waals surface area contributed by atoms with Gasteiger partial charge in [-0.25, -0.2) is 0 Å². The van der Waals surface area contributed by atoms with Crippen LogP contribution in [0.3, 0.4) is 0 Å². The number of methoxy groups -OCH3 is 1. The highest BCUT2D eigenvalue weighted by Gasteiger charge is 2.24. The number of para-hydroxylation sites is 2. The molecule has 1 aliphatic rings. The van der Waals surface area contributed by atoms with Crippen molar-refractivity contribution in [1.29, 1.82) is 0 Å². The van der Waals surface area contributed by atoms with Gasteiger partial charge in [0.2, 0.25) is 0 Å². The van der Waals surface area contributed by atoms with Crippen molar-refractivity contribution in [2.24, 2.45) is 5.92 Å². The van der Waals surface area contributed by atoms with E-state index in [2.05, 4.69) is 4.90 Å². The van der Waals surface area contributed by atoms with Gasteiger partial charge in [0, 0.05) is 20.2 Å². The highest BCUT2D eigenvalue weighted by molar-refractivity contribution is 5.51. The third-order valence-corrected chi connectivity index (χ3v) is 3.59. The molecule has 0 amide bonds. The number of hydrogen-bond acceptors (Lipinski definition) is 5. The third kappa shape index (κ3) is 4.37. The van der Waals surface area contributed by atoms with Gasteiger partial charge in [-0.05, 0) is 31.0 Å². The Morgan fingerprint density at radius 3 is 3.00 bits per heavy atom. The maximum absolute atomic E-state index is 10.0. The number of aliphatic hydroxyl groups is 1. The molecule has 1 fully saturated rings. The van der Waals surface area contributed by atoms with Crippen LogP contribution in [0.1, 0.15) is 6.42 Å². The van der Waals surface area contributed by atoms with Gasteiger partial charge in [-0.2, -0.15) is 0 Å². The normalized spacial score (nSPS) is 21.0. The lowest BCUT2D eigenvalue weighted by atomic mass is 10.1. The predicted octanol–water partition coefficient (Wildman–Crippen LogP) is 0.977. The number of aliphatic hydroxyl groups excluding tert-OH is 1. The quantitative estimate of drug-likeness (QED) is 0.729. The first-order chi connectivity index (χ1) is 9.69. The Morgan fingerprint density at radius 2 is 2.25 bits per heavy atom. The molecule has 2 rings (SSSR count). The maximum Gasteiger partial charge on any atom is 0.142 e. The van der Waals surface area contributed by atoms with Gasteiger partial charge in [0.1, 0.15) is 18.5 Å². The SMILES string of the molecule is COCC1CCN(CC(O)COc2ccccc2N)C1. The molecule has 5 heteroatoms. The van der Waals surface area contributed by atoms with E-state index < -0.39 is 6.10 Å². The minimum Gasteiger partial charge on any atom is -0.489 e. The smallest absolute Gasteiger partial charge is 0.142 e. The number of hydrogen-bond donors (Lipinski definition) is 2. The summed E-state index contributed by atoms with van der Waals surface area (Å²) in [5.41, 5.74) is 6.39. The number of nitrogens with two attached hydrogens (primary N) is 1. The molecule has 0 radical (unpaired) electrons. The van der Waals surface area contributed by atoms with E-state index in [-0.39, 0.29) is 6.61 Å². The average Bonchev–Trinajstić information content (AvgIpc) is 2.85. The van der Waals surface area contributed by atoms with Crippen LogP contribution in [0, 0.1) is 5.92 Å². The number of ether oxygens (including phenoxy) is 2. The van der Waals surface area contributed by atoms with Gasteiger partial charge in [-0.3, -0.25) is 0 Å². The number of rotatable bonds is 7. The Balaban J connectivity index is 1.71. The molecule has 2 unspecified atom stereocenters. The fourth-order valence-corrected chi connectivity index (χ4v) is 2.60. The zero-order valence-electron chi connectivity index (χ0n) is 12.0. The van der Waals surface area contributed by atoms with Crippen molar-refractivity contribution < 1.29 is 14.6 Å². The fraction of sp³-hybridized carbons (Fsp3) is 0.600. The van der Waals surface area contributed by atoms with Crippen LogP contribution in [0.4, 0.5) is 5.69 Å². The zero-order chi connectivity index (χ0) is 14.4. The summed E-state index contributed by atoms with van der Waals surface area (Å²) in [6.45, 7) is 3.69. The second-order valence-electron chi connectivity index (χ2n) is 5.37. The minimum absolute atomic E-state index is 0.264. The van der Waals surface area contributed by atoms with Gasteiger partial charge in [0.15, 0.2) is 0 Å². The predicted molar refractivity (Wildman–Crippen MR) is 78.8 cm³/mol. The highest BCUT2D eigenvalue weighted by Crippen LogP contribution is 2.20. The second-order valence-corrected chi connectivity index (χ2v) is 5.37. The average molecular weight is 280 g/mol. The maximum atomic E-state index is 10.0. The molecule has 1 aliphatic heterocycles. The van der Waals surface area contributed by atoms with E-state index in [1.807, 2.05) is 18.2 Å². The molecule has 0 bridgehead atoms. The molecule has 20 heavy (non-hydrogen) atoms. The molecule has 0 spiro atoms. The number of nitrogen functional groups attached to an aromatic ring is 1. The van der Waals surface area contributed by atoms with Crippen molar-refractivity contribution in [3.63, 3.8) is 0 Å². The fourth-order valence-electron chi connectivity index (χ4n) is 2.60. The molecule has 1 aromatic carbocycles. The molecule has 2 atom stereocenters. The van der Waals surface area contributed by atoms with Gasteiger partial charge in [-0.15, -0.1) is 0 Å². The number of nitrogens with zero attached hydrogens (tertiary/aromatic N) is 1. The lowest BCUT2D eigenvalue weighted by molar-refractivity contribution is 0.0726. The van der Waals surface area contributed by atoms with Crippen molar-refractivity contribution in [2.75, 3.05) is 45.7 Å². The molecule has 1 aromatic rings. The van der Waals surface area contributed by atoms with E-state index in [0.717, 1.165) is 26.1 Å². The van der Waals surface area contributed by atoms with Crippen LogP contribution in [0.2, 0.25) is 0 Å². The summed E-state index contributed by atoms with van der Waals surface area (Å²) in [5, 5.41) is 10.0. The van der Waals surface area contributed by atoms with Gasteiger partial charge in [0.25, 0.3) is 0 Å². The van der Waals surface area contributed by atoms with Crippen molar-refractivity contribution in [2.45, 2.75) is 12.5 Å². The monoisotopic (exact) mass is 280 g/mol. The molecule has 3 N–H and O–H groups in total. The third-order valence-electron chi connectivity index (χ3n) is 3.59. The standard InChI is InChI=1S/C15H24N2O3/c1-19-10-12-6-7-17(8-12)9-13(18)11-20-15-5-3-2-4-14(15)16/h2-5,12-13,18H,6-11,16H2,1H3. The molecule has 5 nitrogen and oxygen atoms in total. The Labute approximate surface area is 120 Å². The largest absolute Gasteiger partial charge is 0.489 e. The summed E-state index contributed by atoms with van der Waals surface area (Å²) >= 11 is 0. The zero-order valence-corrected chi connectivity index (χ0v) is 12.0.